The van der Waals surface area contributed by atoms with Crippen LogP contribution in [-0.2, 0) is 10.0 Å². The van der Waals surface area contributed by atoms with Crippen molar-refractivity contribution in [3.05, 3.63) is 46.3 Å². The average Bonchev–Trinajstić information content (AvgIpc) is 3.22. The Morgan fingerprint density at radius 3 is 2.65 bits per heavy atom. The number of benzene rings is 1. The highest BCUT2D eigenvalue weighted by molar-refractivity contribution is 7.92. The summed E-state index contributed by atoms with van der Waals surface area (Å²) in [5.74, 6) is -0.107. The first-order valence-electron chi connectivity index (χ1n) is 7.01. The summed E-state index contributed by atoms with van der Waals surface area (Å²) in [6.07, 6.45) is 4.32. The van der Waals surface area contributed by atoms with E-state index in [0.29, 0.717) is 16.3 Å². The van der Waals surface area contributed by atoms with Crippen molar-refractivity contribution in [1.82, 2.24) is 5.16 Å². The fourth-order valence-corrected chi connectivity index (χ4v) is 3.04. The van der Waals surface area contributed by atoms with Gasteiger partial charge in [0.1, 0.15) is 6.26 Å². The first kappa shape index (κ1) is 16.0. The highest BCUT2D eigenvalue weighted by atomic mass is 35.5. The lowest BCUT2D eigenvalue weighted by Gasteiger charge is -2.19. The number of hydrogen-bond donors (Lipinski definition) is 0. The van der Waals surface area contributed by atoms with E-state index in [1.54, 1.807) is 6.07 Å². The van der Waals surface area contributed by atoms with Crippen molar-refractivity contribution < 1.29 is 17.7 Å². The molecule has 1 aliphatic rings. The number of ketones is 1. The molecule has 23 heavy (non-hydrogen) atoms. The second-order valence-electron chi connectivity index (χ2n) is 5.61. The summed E-state index contributed by atoms with van der Waals surface area (Å²) in [4.78, 5) is 12.9. The van der Waals surface area contributed by atoms with Gasteiger partial charge >= 0.3 is 0 Å². The number of halogens is 1. The number of carbonyl (C=O) groups is 1. The van der Waals surface area contributed by atoms with Gasteiger partial charge in [0.2, 0.25) is 10.0 Å². The molecule has 0 radical (unpaired) electrons. The molecule has 0 atom stereocenters. The van der Waals surface area contributed by atoms with Gasteiger partial charge in [0.25, 0.3) is 0 Å². The van der Waals surface area contributed by atoms with E-state index in [-0.39, 0.29) is 23.0 Å². The first-order chi connectivity index (χ1) is 10.8. The third kappa shape index (κ3) is 3.11. The highest BCUT2D eigenvalue weighted by Gasteiger charge is 2.33. The molecular weight excluding hydrogens is 340 g/mol. The van der Waals surface area contributed by atoms with Gasteiger partial charge in [-0.05, 0) is 31.0 Å². The summed E-state index contributed by atoms with van der Waals surface area (Å²) in [6, 6.07) is 4.52. The van der Waals surface area contributed by atoms with Crippen molar-refractivity contribution in [2.75, 3.05) is 17.6 Å². The van der Waals surface area contributed by atoms with Crippen LogP contribution < -0.4 is 4.31 Å². The van der Waals surface area contributed by atoms with Gasteiger partial charge in [0.15, 0.2) is 5.78 Å². The molecule has 0 bridgehead atoms. The van der Waals surface area contributed by atoms with E-state index in [4.69, 9.17) is 16.1 Å². The minimum Gasteiger partial charge on any atom is -0.364 e. The Kier molecular flexibility index (Phi) is 3.93. The largest absolute Gasteiger partial charge is 0.364 e. The summed E-state index contributed by atoms with van der Waals surface area (Å²) in [5, 5.41) is 4.26. The number of aromatic nitrogens is 1. The van der Waals surface area contributed by atoms with Gasteiger partial charge in [-0.15, -0.1) is 0 Å². The quantitative estimate of drug-likeness (QED) is 0.771. The van der Waals surface area contributed by atoms with Gasteiger partial charge in [-0.2, -0.15) is 0 Å². The monoisotopic (exact) mass is 354 g/mol. The molecule has 0 unspecified atom stereocenters. The van der Waals surface area contributed by atoms with E-state index in [0.717, 1.165) is 23.4 Å². The molecule has 1 aliphatic carbocycles. The van der Waals surface area contributed by atoms with Crippen LogP contribution in [0.1, 0.15) is 40.4 Å². The topological polar surface area (TPSA) is 80.5 Å². The number of anilines is 1. The third-order valence-corrected chi connectivity index (χ3v) is 5.27. The van der Waals surface area contributed by atoms with E-state index in [2.05, 4.69) is 5.16 Å². The van der Waals surface area contributed by atoms with Gasteiger partial charge < -0.3 is 4.52 Å². The van der Waals surface area contributed by atoms with Crippen LogP contribution >= 0.6 is 11.6 Å². The molecule has 8 heteroatoms. The maximum absolute atomic E-state index is 12.9. The molecule has 0 aliphatic heterocycles. The fourth-order valence-electron chi connectivity index (χ4n) is 2.35. The summed E-state index contributed by atoms with van der Waals surface area (Å²) in [7, 11) is -2.12. The Labute approximate surface area is 139 Å². The highest BCUT2D eigenvalue weighted by Crippen LogP contribution is 2.41. The van der Waals surface area contributed by atoms with Crippen LogP contribution in [0.3, 0.4) is 0 Å². The molecule has 1 saturated carbocycles. The molecular formula is C15H15ClN2O4S. The lowest BCUT2D eigenvalue weighted by Crippen LogP contribution is -2.26. The van der Waals surface area contributed by atoms with Crippen molar-refractivity contribution >= 4 is 33.1 Å². The van der Waals surface area contributed by atoms with Crippen LogP contribution in [0, 0.1) is 0 Å². The molecule has 1 aromatic carbocycles. The molecule has 6 nitrogen and oxygen atoms in total. The third-order valence-electron chi connectivity index (χ3n) is 3.85. The second-order valence-corrected chi connectivity index (χ2v) is 8.06. The Bertz CT molecular complexity index is 871. The normalized spacial score (nSPS) is 14.7. The number of carbonyl (C=O) groups excluding carboxylic acids is 1. The molecule has 122 valence electrons. The lowest BCUT2D eigenvalue weighted by molar-refractivity contribution is 0.103. The Hall–Kier alpha value is -1.86. The van der Waals surface area contributed by atoms with Gasteiger partial charge in [0.05, 0.1) is 23.2 Å². The van der Waals surface area contributed by atoms with E-state index in [1.807, 2.05) is 0 Å². The fraction of sp³-hybridized carbons (Fsp3) is 0.333. The van der Waals surface area contributed by atoms with E-state index < -0.39 is 10.0 Å². The zero-order valence-corrected chi connectivity index (χ0v) is 14.2. The SMILES string of the molecule is CN(c1ccc(Cl)cc1C(=O)c1conc1C1CC1)S(C)(=O)=O. The van der Waals surface area contributed by atoms with Crippen molar-refractivity contribution in [2.24, 2.45) is 0 Å². The summed E-state index contributed by atoms with van der Waals surface area (Å²) < 4.78 is 29.6. The van der Waals surface area contributed by atoms with E-state index in [1.165, 1.54) is 25.4 Å². The van der Waals surface area contributed by atoms with E-state index in [9.17, 15) is 13.2 Å². The number of hydrogen-bond acceptors (Lipinski definition) is 5. The average molecular weight is 355 g/mol. The Balaban J connectivity index is 2.09. The van der Waals surface area contributed by atoms with Crippen LogP contribution in [-0.4, -0.2) is 32.7 Å². The van der Waals surface area contributed by atoms with Crippen molar-refractivity contribution in [3.63, 3.8) is 0 Å². The van der Waals surface area contributed by atoms with Crippen LogP contribution in [0.2, 0.25) is 5.02 Å². The molecule has 1 fully saturated rings. The van der Waals surface area contributed by atoms with Crippen LogP contribution in [0.5, 0.6) is 0 Å². The molecule has 0 spiro atoms. The molecule has 2 aromatic rings. The summed E-state index contributed by atoms with van der Waals surface area (Å²) >= 11 is 6.00. The maximum atomic E-state index is 12.9. The van der Waals surface area contributed by atoms with Crippen LogP contribution in [0.4, 0.5) is 5.69 Å². The molecule has 1 aromatic heterocycles. The molecule has 0 amide bonds. The van der Waals surface area contributed by atoms with Crippen molar-refractivity contribution in [3.8, 4) is 0 Å². The summed E-state index contributed by atoms with van der Waals surface area (Å²) in [5.41, 5.74) is 1.46. The summed E-state index contributed by atoms with van der Waals surface area (Å²) in [6.45, 7) is 0. The predicted molar refractivity (Wildman–Crippen MR) is 86.6 cm³/mol. The predicted octanol–water partition coefficient (Wildman–Crippen LogP) is 2.83. The lowest BCUT2D eigenvalue weighted by atomic mass is 10.0. The van der Waals surface area contributed by atoms with Crippen LogP contribution in [0.15, 0.2) is 29.0 Å². The molecule has 0 saturated heterocycles. The van der Waals surface area contributed by atoms with Crippen LogP contribution in [0.25, 0.3) is 0 Å². The zero-order valence-electron chi connectivity index (χ0n) is 12.6. The van der Waals surface area contributed by atoms with Gasteiger partial charge in [-0.1, -0.05) is 16.8 Å². The Morgan fingerprint density at radius 1 is 1.35 bits per heavy atom. The maximum Gasteiger partial charge on any atom is 0.232 e. The molecule has 3 rings (SSSR count). The van der Waals surface area contributed by atoms with Crippen molar-refractivity contribution in [1.29, 1.82) is 0 Å². The van der Waals surface area contributed by atoms with Gasteiger partial charge in [-0.25, -0.2) is 8.42 Å². The standard InChI is InChI=1S/C15H15ClN2O4S/c1-18(23(2,20)21)13-6-5-10(16)7-11(13)15(19)12-8-22-17-14(12)9-3-4-9/h5-9H,3-4H2,1-2H3. The Morgan fingerprint density at radius 2 is 2.04 bits per heavy atom. The molecule has 0 N–H and O–H groups in total. The van der Waals surface area contributed by atoms with Gasteiger partial charge in [-0.3, -0.25) is 9.10 Å². The smallest absolute Gasteiger partial charge is 0.232 e. The number of sulfonamides is 1. The minimum atomic E-state index is -3.51. The first-order valence-corrected chi connectivity index (χ1v) is 9.24. The second kappa shape index (κ2) is 5.65. The number of nitrogens with zero attached hydrogens (tertiary/aromatic N) is 2. The molecule has 1 heterocycles. The minimum absolute atomic E-state index is 0.204. The van der Waals surface area contributed by atoms with Crippen molar-refractivity contribution in [2.45, 2.75) is 18.8 Å². The van der Waals surface area contributed by atoms with E-state index >= 15 is 0 Å². The van der Waals surface area contributed by atoms with Gasteiger partial charge in [0, 0.05) is 23.6 Å². The zero-order chi connectivity index (χ0) is 16.8. The number of rotatable bonds is 5.